The Hall–Kier alpha value is -9.55. The molecule has 9 aromatic rings. The minimum absolute atomic E-state index is 0.452. The van der Waals surface area contributed by atoms with Crippen LogP contribution in [0, 0.1) is 16.2 Å². The first-order valence-electron chi connectivity index (χ1n) is 35.4. The Morgan fingerprint density at radius 2 is 0.804 bits per heavy atom. The molecule has 6 saturated heterocycles. The summed E-state index contributed by atoms with van der Waals surface area (Å²) >= 11 is 0. The fraction of sp³-hybridized carbons (Fsp3) is 0.412. The lowest BCUT2D eigenvalue weighted by atomic mass is 9.78. The summed E-state index contributed by atoms with van der Waals surface area (Å²) in [4.78, 5) is 38.7. The second-order valence-corrected chi connectivity index (χ2v) is 29.0. The molecule has 6 aliphatic heterocycles. The summed E-state index contributed by atoms with van der Waals surface area (Å²) in [7, 11) is 4.94. The number of fused-ring (bicyclic) bond motifs is 6. The van der Waals surface area contributed by atoms with E-state index in [0.29, 0.717) is 99.6 Å². The van der Waals surface area contributed by atoms with Crippen molar-refractivity contribution >= 4 is 50.9 Å². The van der Waals surface area contributed by atoms with E-state index < -0.39 is 0 Å². The second kappa shape index (κ2) is 28.7. The smallest absolute Gasteiger partial charge is 0.230 e. The number of methoxy groups -OCH3 is 3. The molecule has 6 fully saturated rings. The zero-order valence-corrected chi connectivity index (χ0v) is 58.9. The summed E-state index contributed by atoms with van der Waals surface area (Å²) in [5.41, 5.74) is 14.5. The van der Waals surface area contributed by atoms with Crippen molar-refractivity contribution in [1.82, 2.24) is 49.6 Å². The number of nitrogens with zero attached hydrogens (tertiary/aromatic N) is 10. The highest BCUT2D eigenvalue weighted by atomic mass is 16.5. The van der Waals surface area contributed by atoms with Crippen LogP contribution in [0.1, 0.15) is 73.7 Å². The first-order valence-corrected chi connectivity index (χ1v) is 35.4. The maximum absolute atomic E-state index is 6.22. The molecule has 22 nitrogen and oxygen atoms in total. The van der Waals surface area contributed by atoms with Crippen LogP contribution in [0.15, 0.2) is 121 Å². The molecule has 11 heterocycles. The van der Waals surface area contributed by atoms with Crippen LogP contribution in [-0.2, 0) is 33.5 Å². The van der Waals surface area contributed by atoms with Gasteiger partial charge in [-0.25, -0.2) is 19.9 Å². The van der Waals surface area contributed by atoms with E-state index in [1.165, 1.54) is 40.5 Å². The Labute approximate surface area is 593 Å². The molecule has 5 aromatic heterocycles. The number of hydrogen-bond acceptors (Lipinski definition) is 22. The molecular weight excluding hydrogens is 1290 g/mol. The Morgan fingerprint density at radius 1 is 0.392 bits per heavy atom. The first-order chi connectivity index (χ1) is 49.8. The molecule has 18 rings (SSSR count). The number of pyridine rings is 3. The van der Waals surface area contributed by atoms with E-state index in [-0.39, 0.29) is 0 Å². The minimum Gasteiger partial charge on any atom is -0.493 e. The Bertz CT molecular complexity index is 4250. The molecule has 0 amide bonds. The molecule has 528 valence electrons. The molecule has 0 atom stereocenters. The molecule has 102 heavy (non-hydrogen) atoms. The monoisotopic (exact) mass is 1380 g/mol. The average molecular weight is 1380 g/mol. The van der Waals surface area contributed by atoms with E-state index in [1.54, 1.807) is 39.9 Å². The number of ether oxygens (including phenoxy) is 12. The maximum atomic E-state index is 6.22. The van der Waals surface area contributed by atoms with E-state index in [9.17, 15) is 0 Å². The molecule has 9 aliphatic rings. The van der Waals surface area contributed by atoms with E-state index in [0.717, 1.165) is 198 Å². The lowest BCUT2D eigenvalue weighted by Gasteiger charge is -2.55. The third-order valence-electron chi connectivity index (χ3n) is 20.5. The molecular formula is C80H86N10O12. The summed E-state index contributed by atoms with van der Waals surface area (Å²) in [6, 6.07) is 23.5. The predicted molar refractivity (Wildman–Crippen MR) is 387 cm³/mol. The summed E-state index contributed by atoms with van der Waals surface area (Å²) < 4.78 is 69.7. The fourth-order valence-electron chi connectivity index (χ4n) is 15.3. The molecule has 4 aromatic carbocycles. The molecule has 0 saturated carbocycles. The fourth-order valence-corrected chi connectivity index (χ4v) is 15.3. The van der Waals surface area contributed by atoms with Crippen LogP contribution in [-0.4, -0.2) is 189 Å². The van der Waals surface area contributed by atoms with Crippen molar-refractivity contribution in [1.29, 1.82) is 0 Å². The third-order valence-corrected chi connectivity index (χ3v) is 20.5. The number of aromatic nitrogens is 7. The van der Waals surface area contributed by atoms with Gasteiger partial charge in [-0.1, -0.05) is 41.0 Å². The Balaban J connectivity index is 0.000000118. The molecule has 0 unspecified atom stereocenters. The van der Waals surface area contributed by atoms with Crippen LogP contribution in [0.3, 0.4) is 0 Å². The van der Waals surface area contributed by atoms with Crippen molar-refractivity contribution < 1.29 is 56.8 Å². The zero-order chi connectivity index (χ0) is 69.4. The van der Waals surface area contributed by atoms with E-state index >= 15 is 0 Å². The number of rotatable bonds is 24. The summed E-state index contributed by atoms with van der Waals surface area (Å²) in [6.45, 7) is 23.7. The average Bonchev–Trinajstić information content (AvgIpc) is 0.957. The van der Waals surface area contributed by atoms with Gasteiger partial charge in [-0.15, -0.1) is 0 Å². The van der Waals surface area contributed by atoms with Crippen molar-refractivity contribution in [2.75, 3.05) is 140 Å². The number of benzene rings is 4. The standard InChI is InChI=1S/2C27H29N3O4.C26H28N4O4/c1-18-8-19-10-20(13-29-22(19)9-18)34-24-4-5-28-23-12-26(25(31-2)11-21(23)24)33-7-3-6-30-14-27(15-30)16-32-17-27;1-18-8-19-4-5-21(10-20(19)9-18)34-26-22-11-24(31-2)25(12-23(22)28-17-29-26)33-7-3-6-30-13-27(14-30)15-32-16-27;1-17-6-18-8-19(11-27-21(18)7-17)34-25-20-9-23(31-2)24(10-22(20)28-16-29-25)33-5-3-4-30-12-26(13-30)14-32-15-26/h4-5,8,10-13H,3,6-7,9,14-17H2,1-2H3;4-5,9-12,17H,3,6-8,13-16H2,1-2H3;6,8-11,16H,3-5,7,12-15H2,1-2H3. The van der Waals surface area contributed by atoms with Gasteiger partial charge in [0.05, 0.1) is 132 Å². The molecule has 0 N–H and O–H groups in total. The van der Waals surface area contributed by atoms with Gasteiger partial charge in [0.1, 0.15) is 35.7 Å². The lowest BCUT2D eigenvalue weighted by molar-refractivity contribution is -0.189. The summed E-state index contributed by atoms with van der Waals surface area (Å²) in [5.74, 6) is 7.79. The van der Waals surface area contributed by atoms with Gasteiger partial charge in [0, 0.05) is 118 Å². The maximum Gasteiger partial charge on any atom is 0.230 e. The predicted octanol–water partition coefficient (Wildman–Crippen LogP) is 12.9. The second-order valence-electron chi connectivity index (χ2n) is 29.0. The van der Waals surface area contributed by atoms with Gasteiger partial charge in [-0.3, -0.25) is 15.0 Å². The quantitative estimate of drug-likeness (QED) is 0.0515. The van der Waals surface area contributed by atoms with Crippen LogP contribution in [0.5, 0.6) is 69.3 Å². The molecule has 0 bridgehead atoms. The van der Waals surface area contributed by atoms with Crippen molar-refractivity contribution in [2.45, 2.75) is 59.3 Å². The van der Waals surface area contributed by atoms with Gasteiger partial charge >= 0.3 is 0 Å². The lowest BCUT2D eigenvalue weighted by Crippen LogP contribution is -2.65. The van der Waals surface area contributed by atoms with Gasteiger partial charge in [0.2, 0.25) is 11.8 Å². The Morgan fingerprint density at radius 3 is 1.25 bits per heavy atom. The largest absolute Gasteiger partial charge is 0.493 e. The topological polar surface area (TPSA) is 211 Å². The van der Waals surface area contributed by atoms with Crippen LogP contribution < -0.4 is 42.6 Å². The molecule has 22 heteroatoms. The number of hydrogen-bond donors (Lipinski definition) is 0. The SMILES string of the molecule is COc1cc2c(Oc3ccc4c(c3)C=C(C)C4)ncnc2cc1OCCCN1CC2(COC2)C1.COc1cc2c(Oc3cnc4c(c3)C=C(C)C4)ccnc2cc1OCCCN1CC2(COC2)C1.COc1cc2c(Oc3cnc4c(c3)C=C(C)C4)ncnc2cc1OCCCN1CC2(COC2)C1. The highest BCUT2D eigenvalue weighted by Gasteiger charge is 2.50. The minimum atomic E-state index is 0.452. The highest BCUT2D eigenvalue weighted by molar-refractivity contribution is 5.89. The first kappa shape index (κ1) is 67.0. The van der Waals surface area contributed by atoms with E-state index in [4.69, 9.17) is 56.8 Å². The van der Waals surface area contributed by atoms with Gasteiger partial charge in [-0.2, -0.15) is 0 Å². The van der Waals surface area contributed by atoms with Crippen LogP contribution in [0.25, 0.3) is 50.9 Å². The highest BCUT2D eigenvalue weighted by Crippen LogP contribution is 2.44. The van der Waals surface area contributed by atoms with Crippen molar-refractivity contribution in [2.24, 2.45) is 16.2 Å². The van der Waals surface area contributed by atoms with Crippen LogP contribution in [0.4, 0.5) is 0 Å². The van der Waals surface area contributed by atoms with Gasteiger partial charge in [-0.05, 0) is 117 Å². The van der Waals surface area contributed by atoms with E-state index in [2.05, 4.69) is 101 Å². The number of allylic oxidation sites excluding steroid dienone is 3. The normalized spacial score (nSPS) is 18.2. The summed E-state index contributed by atoms with van der Waals surface area (Å²) in [6.07, 6.45) is 20.5. The van der Waals surface area contributed by atoms with E-state index in [1.807, 2.05) is 60.7 Å². The van der Waals surface area contributed by atoms with Crippen LogP contribution in [0.2, 0.25) is 0 Å². The number of likely N-dealkylation sites (tertiary alicyclic amines) is 3. The van der Waals surface area contributed by atoms with Crippen molar-refractivity contribution in [3.8, 4) is 69.3 Å². The van der Waals surface area contributed by atoms with Gasteiger partial charge in [0.15, 0.2) is 34.5 Å². The van der Waals surface area contributed by atoms with Crippen molar-refractivity contribution in [3.63, 3.8) is 0 Å². The zero-order valence-electron chi connectivity index (χ0n) is 58.9. The van der Waals surface area contributed by atoms with Gasteiger partial charge < -0.3 is 71.5 Å². The molecule has 3 aliphatic carbocycles. The summed E-state index contributed by atoms with van der Waals surface area (Å²) in [5, 5.41) is 2.41. The molecule has 0 radical (unpaired) electrons. The Kier molecular flexibility index (Phi) is 18.8. The van der Waals surface area contributed by atoms with Crippen molar-refractivity contribution in [3.05, 3.63) is 154 Å². The van der Waals surface area contributed by atoms with Crippen LogP contribution >= 0.6 is 0 Å². The van der Waals surface area contributed by atoms with Gasteiger partial charge in [0.25, 0.3) is 0 Å². The molecule has 3 spiro atoms. The third kappa shape index (κ3) is 14.4.